The molecule has 6 heteroatoms. The van der Waals surface area contributed by atoms with Gasteiger partial charge in [-0.1, -0.05) is 35.0 Å². The Balaban J connectivity index is 1.81. The van der Waals surface area contributed by atoms with Crippen LogP contribution in [0.5, 0.6) is 0 Å². The number of nitrogens with zero attached hydrogens (tertiary/aromatic N) is 2. The third-order valence-electron chi connectivity index (χ3n) is 2.96. The maximum absolute atomic E-state index is 11.7. The monoisotopic (exact) mass is 336 g/mol. The van der Waals surface area contributed by atoms with Gasteiger partial charge in [-0.25, -0.2) is 4.98 Å². The van der Waals surface area contributed by atoms with Crippen LogP contribution in [0.2, 0.25) is 10.0 Å². The van der Waals surface area contributed by atoms with Gasteiger partial charge in [0.1, 0.15) is 0 Å². The second-order valence-corrected chi connectivity index (χ2v) is 5.49. The van der Waals surface area contributed by atoms with E-state index in [1.165, 1.54) is 0 Å². The molecule has 1 aromatic heterocycles. The largest absolute Gasteiger partial charge is 0.452 e. The lowest BCUT2D eigenvalue weighted by Gasteiger charge is -2.11. The maximum atomic E-state index is 11.7. The van der Waals surface area contributed by atoms with E-state index >= 15 is 0 Å². The summed E-state index contributed by atoms with van der Waals surface area (Å²) in [6, 6.07) is 5.04. The van der Waals surface area contributed by atoms with E-state index in [1.807, 2.05) is 11.5 Å². The number of halogens is 2. The summed E-state index contributed by atoms with van der Waals surface area (Å²) >= 11 is 11.8. The molecule has 1 atom stereocenters. The van der Waals surface area contributed by atoms with Gasteiger partial charge in [-0.15, -0.1) is 0 Å². The molecule has 0 aliphatic rings. The van der Waals surface area contributed by atoms with E-state index in [4.69, 9.17) is 27.9 Å². The fourth-order valence-corrected chi connectivity index (χ4v) is 2.23. The van der Waals surface area contributed by atoms with E-state index < -0.39 is 0 Å². The minimum atomic E-state index is -0.308. The second kappa shape index (κ2) is 7.88. The molecule has 1 unspecified atom stereocenters. The van der Waals surface area contributed by atoms with Crippen molar-refractivity contribution in [2.75, 3.05) is 6.61 Å². The summed E-state index contributed by atoms with van der Waals surface area (Å²) < 4.78 is 6.93. The van der Waals surface area contributed by atoms with Crippen molar-refractivity contribution in [3.05, 3.63) is 52.5 Å². The number of carbonyl (C=O) groups excluding carboxylic acids is 1. The van der Waals surface area contributed by atoms with Gasteiger partial charge in [0.25, 0.3) is 0 Å². The number of hydrogen-bond donors (Lipinski definition) is 0. The predicted molar refractivity (Wildman–Crippen MR) is 85.9 cm³/mol. The molecule has 1 heterocycles. The topological polar surface area (TPSA) is 44.1 Å². The first-order chi connectivity index (χ1) is 10.6. The van der Waals surface area contributed by atoms with Crippen molar-refractivity contribution in [3.8, 4) is 11.8 Å². The number of imidazole rings is 1. The SMILES string of the molecule is CC(CC(=O)OCC#Cc1ccc(Cl)cc1Cl)n1ccnc1. The summed E-state index contributed by atoms with van der Waals surface area (Å²) in [6.07, 6.45) is 5.41. The Bertz CT molecular complexity index is 703. The zero-order chi connectivity index (χ0) is 15.9. The van der Waals surface area contributed by atoms with Crippen molar-refractivity contribution in [2.24, 2.45) is 0 Å². The van der Waals surface area contributed by atoms with Gasteiger partial charge in [-0.2, -0.15) is 0 Å². The minimum absolute atomic E-state index is 0.00586. The summed E-state index contributed by atoms with van der Waals surface area (Å²) in [5.41, 5.74) is 0.647. The summed E-state index contributed by atoms with van der Waals surface area (Å²) in [5, 5.41) is 1.02. The second-order valence-electron chi connectivity index (χ2n) is 4.65. The molecule has 2 rings (SSSR count). The lowest BCUT2D eigenvalue weighted by molar-refractivity contribution is -0.142. The highest BCUT2D eigenvalue weighted by Gasteiger charge is 2.10. The van der Waals surface area contributed by atoms with E-state index in [2.05, 4.69) is 16.8 Å². The van der Waals surface area contributed by atoms with Crippen molar-refractivity contribution in [2.45, 2.75) is 19.4 Å². The number of rotatable bonds is 4. The van der Waals surface area contributed by atoms with Crippen molar-refractivity contribution in [1.29, 1.82) is 0 Å². The molecule has 0 aliphatic carbocycles. The highest BCUT2D eigenvalue weighted by atomic mass is 35.5. The highest BCUT2D eigenvalue weighted by molar-refractivity contribution is 6.35. The quantitative estimate of drug-likeness (QED) is 0.631. The average molecular weight is 337 g/mol. The molecule has 0 radical (unpaired) electrons. The summed E-state index contributed by atoms with van der Waals surface area (Å²) in [5.74, 6) is 5.30. The van der Waals surface area contributed by atoms with Crippen LogP contribution < -0.4 is 0 Å². The molecular formula is C16H14Cl2N2O2. The highest BCUT2D eigenvalue weighted by Crippen LogP contribution is 2.19. The first-order valence-corrected chi connectivity index (χ1v) is 7.39. The van der Waals surface area contributed by atoms with Crippen LogP contribution in [-0.4, -0.2) is 22.1 Å². The van der Waals surface area contributed by atoms with Gasteiger partial charge in [0, 0.05) is 29.0 Å². The zero-order valence-corrected chi connectivity index (χ0v) is 13.4. The van der Waals surface area contributed by atoms with Crippen molar-refractivity contribution < 1.29 is 9.53 Å². The number of carbonyl (C=O) groups is 1. The van der Waals surface area contributed by atoms with Gasteiger partial charge in [0.15, 0.2) is 6.61 Å². The standard InChI is InChI=1S/C16H14Cl2N2O2/c1-12(20-7-6-19-11-20)9-16(21)22-8-2-3-13-4-5-14(17)10-15(13)18/h4-7,10-12H,8-9H2,1H3. The van der Waals surface area contributed by atoms with Crippen molar-refractivity contribution >= 4 is 29.2 Å². The van der Waals surface area contributed by atoms with Crippen molar-refractivity contribution in [3.63, 3.8) is 0 Å². The molecule has 0 amide bonds. The van der Waals surface area contributed by atoms with E-state index in [9.17, 15) is 4.79 Å². The molecule has 0 fully saturated rings. The van der Waals surface area contributed by atoms with Gasteiger partial charge >= 0.3 is 5.97 Å². The van der Waals surface area contributed by atoms with Crippen LogP contribution in [0.4, 0.5) is 0 Å². The van der Waals surface area contributed by atoms with Gasteiger partial charge < -0.3 is 9.30 Å². The third-order valence-corrected chi connectivity index (χ3v) is 3.50. The van der Waals surface area contributed by atoms with Gasteiger partial charge in [-0.05, 0) is 25.1 Å². The Morgan fingerprint density at radius 2 is 2.27 bits per heavy atom. The molecule has 0 aliphatic heterocycles. The van der Waals surface area contributed by atoms with E-state index in [0.29, 0.717) is 15.6 Å². The maximum Gasteiger partial charge on any atom is 0.308 e. The Kier molecular flexibility index (Phi) is 5.88. The molecule has 4 nitrogen and oxygen atoms in total. The van der Waals surface area contributed by atoms with Gasteiger partial charge in [0.2, 0.25) is 0 Å². The molecule has 22 heavy (non-hydrogen) atoms. The minimum Gasteiger partial charge on any atom is -0.452 e. The first kappa shape index (κ1) is 16.4. The van der Waals surface area contributed by atoms with Crippen LogP contribution in [0.1, 0.15) is 24.9 Å². The van der Waals surface area contributed by atoms with Crippen LogP contribution in [0.15, 0.2) is 36.9 Å². The van der Waals surface area contributed by atoms with Crippen LogP contribution >= 0.6 is 23.2 Å². The number of ether oxygens (including phenoxy) is 1. The van der Waals surface area contributed by atoms with Crippen LogP contribution in [0.3, 0.4) is 0 Å². The van der Waals surface area contributed by atoms with Gasteiger partial charge in [-0.3, -0.25) is 4.79 Å². The number of benzene rings is 1. The Hall–Kier alpha value is -1.96. The van der Waals surface area contributed by atoms with Crippen molar-refractivity contribution in [1.82, 2.24) is 9.55 Å². The van der Waals surface area contributed by atoms with E-state index in [0.717, 1.165) is 0 Å². The normalized spacial score (nSPS) is 11.4. The molecule has 0 bridgehead atoms. The number of esters is 1. The third kappa shape index (κ3) is 4.80. The molecule has 114 valence electrons. The number of hydrogen-bond acceptors (Lipinski definition) is 3. The fraction of sp³-hybridized carbons (Fsp3) is 0.250. The smallest absolute Gasteiger partial charge is 0.308 e. The zero-order valence-electron chi connectivity index (χ0n) is 11.9. The molecular weight excluding hydrogens is 323 g/mol. The Morgan fingerprint density at radius 3 is 2.95 bits per heavy atom. The fourth-order valence-electron chi connectivity index (χ4n) is 1.77. The lowest BCUT2D eigenvalue weighted by Crippen LogP contribution is -2.12. The average Bonchev–Trinajstić information content (AvgIpc) is 2.99. The molecule has 2 aromatic rings. The summed E-state index contributed by atoms with van der Waals surface area (Å²) in [7, 11) is 0. The summed E-state index contributed by atoms with van der Waals surface area (Å²) in [6.45, 7) is 1.94. The number of aromatic nitrogens is 2. The predicted octanol–water partition coefficient (Wildman–Crippen LogP) is 3.74. The van der Waals surface area contributed by atoms with Gasteiger partial charge in [0.05, 0.1) is 17.8 Å². The summed E-state index contributed by atoms with van der Waals surface area (Å²) in [4.78, 5) is 15.6. The van der Waals surface area contributed by atoms with Crippen LogP contribution in [0, 0.1) is 11.8 Å². The molecule has 0 saturated carbocycles. The molecule has 1 aromatic carbocycles. The lowest BCUT2D eigenvalue weighted by atomic mass is 10.2. The molecule has 0 spiro atoms. The Labute approximate surface area is 139 Å². The Morgan fingerprint density at radius 1 is 1.45 bits per heavy atom. The van der Waals surface area contributed by atoms with E-state index in [-0.39, 0.29) is 25.0 Å². The molecule has 0 N–H and O–H groups in total. The van der Waals surface area contributed by atoms with E-state index in [1.54, 1.807) is 36.9 Å². The van der Waals surface area contributed by atoms with Crippen LogP contribution in [-0.2, 0) is 9.53 Å². The van der Waals surface area contributed by atoms with Crippen LogP contribution in [0.25, 0.3) is 0 Å². The molecule has 0 saturated heterocycles. The first-order valence-electron chi connectivity index (χ1n) is 6.63.